The fourth-order valence-corrected chi connectivity index (χ4v) is 1.74. The molecule has 1 nitrogen and oxygen atoms in total. The lowest BCUT2D eigenvalue weighted by Gasteiger charge is -2.29. The van der Waals surface area contributed by atoms with Crippen LogP contribution in [-0.4, -0.2) is 12.5 Å². The van der Waals surface area contributed by atoms with E-state index >= 15 is 0 Å². The maximum absolute atomic E-state index is 12.8. The van der Waals surface area contributed by atoms with Crippen molar-refractivity contribution in [3.8, 4) is 0 Å². The number of carbonyl (C=O) groups is 1. The van der Waals surface area contributed by atoms with Gasteiger partial charge in [-0.2, -0.15) is 13.2 Å². The quantitative estimate of drug-likeness (QED) is 0.720. The Balaban J connectivity index is 2.79. The van der Waals surface area contributed by atoms with Gasteiger partial charge in [0.15, 0.2) is 0 Å². The first-order valence-electron chi connectivity index (χ1n) is 5.52. The molecule has 1 aromatic carbocycles. The highest BCUT2D eigenvalue weighted by molar-refractivity contribution is 5.60. The third-order valence-corrected chi connectivity index (χ3v) is 3.12. The van der Waals surface area contributed by atoms with Crippen molar-refractivity contribution in [1.29, 1.82) is 0 Å². The number of benzene rings is 1. The summed E-state index contributed by atoms with van der Waals surface area (Å²) in [6.45, 7) is 1.40. The highest BCUT2D eigenvalue weighted by Gasteiger charge is 2.52. The fourth-order valence-electron chi connectivity index (χ4n) is 1.74. The number of hydrogen-bond acceptors (Lipinski definition) is 1. The van der Waals surface area contributed by atoms with Gasteiger partial charge in [0.2, 0.25) is 0 Å². The fraction of sp³-hybridized carbons (Fsp3) is 0.462. The van der Waals surface area contributed by atoms with Gasteiger partial charge in [0.1, 0.15) is 11.7 Å². The Bertz CT molecular complexity index is 359. The third-order valence-electron chi connectivity index (χ3n) is 3.12. The van der Waals surface area contributed by atoms with E-state index in [1.165, 1.54) is 6.92 Å². The van der Waals surface area contributed by atoms with E-state index in [1.54, 1.807) is 30.3 Å². The van der Waals surface area contributed by atoms with Crippen LogP contribution in [0.15, 0.2) is 30.3 Å². The van der Waals surface area contributed by atoms with E-state index in [0.29, 0.717) is 0 Å². The Morgan fingerprint density at radius 2 is 1.76 bits per heavy atom. The molecule has 1 aromatic rings. The van der Waals surface area contributed by atoms with Gasteiger partial charge in [-0.1, -0.05) is 37.3 Å². The minimum absolute atomic E-state index is 0.0515. The van der Waals surface area contributed by atoms with Gasteiger partial charge >= 0.3 is 6.18 Å². The van der Waals surface area contributed by atoms with Gasteiger partial charge in [0.05, 0.1) is 0 Å². The number of carbonyl (C=O) groups excluding carboxylic acids is 1. The maximum Gasteiger partial charge on any atom is 0.401 e. The Kier molecular flexibility index (Phi) is 4.32. The molecule has 0 aliphatic rings. The highest BCUT2D eigenvalue weighted by Crippen LogP contribution is 2.42. The molecule has 0 N–H and O–H groups in total. The van der Waals surface area contributed by atoms with E-state index in [-0.39, 0.29) is 25.5 Å². The topological polar surface area (TPSA) is 17.1 Å². The lowest BCUT2D eigenvalue weighted by molar-refractivity contribution is -0.217. The lowest BCUT2D eigenvalue weighted by Crippen LogP contribution is -2.39. The van der Waals surface area contributed by atoms with Crippen molar-refractivity contribution in [2.45, 2.75) is 32.4 Å². The molecule has 0 radical (unpaired) electrons. The molecule has 0 unspecified atom stereocenters. The number of rotatable bonds is 5. The predicted octanol–water partition coefficient (Wildman–Crippen LogP) is 3.78. The Morgan fingerprint density at radius 1 is 1.18 bits per heavy atom. The summed E-state index contributed by atoms with van der Waals surface area (Å²) in [5.41, 5.74) is -1.39. The summed E-state index contributed by atoms with van der Waals surface area (Å²) >= 11 is 0. The van der Waals surface area contributed by atoms with Crippen LogP contribution in [0.1, 0.15) is 25.3 Å². The van der Waals surface area contributed by atoms with Crippen LogP contribution in [0, 0.1) is 5.41 Å². The summed E-state index contributed by atoms with van der Waals surface area (Å²) in [5, 5.41) is 0. The molecule has 0 aromatic heterocycles. The Morgan fingerprint density at radius 3 is 2.18 bits per heavy atom. The first-order chi connectivity index (χ1) is 7.95. The number of aldehydes is 1. The number of halogens is 3. The molecule has 0 heterocycles. The van der Waals surface area contributed by atoms with E-state index in [9.17, 15) is 18.0 Å². The standard InChI is InChI=1S/C13H15F3O/c1-2-12(10-17,13(14,15)16)9-8-11-6-4-3-5-7-11/h3-7,10H,2,8-9H2,1H3/t12-/m1/s1. The van der Waals surface area contributed by atoms with E-state index < -0.39 is 11.6 Å². The van der Waals surface area contributed by atoms with E-state index in [1.807, 2.05) is 0 Å². The van der Waals surface area contributed by atoms with Crippen LogP contribution >= 0.6 is 0 Å². The summed E-state index contributed by atoms with van der Waals surface area (Å²) in [5.74, 6) is 0. The number of hydrogen-bond donors (Lipinski definition) is 0. The number of aryl methyl sites for hydroxylation is 1. The van der Waals surface area contributed by atoms with E-state index in [0.717, 1.165) is 5.56 Å². The third kappa shape index (κ3) is 3.08. The Labute approximate surface area is 98.6 Å². The first kappa shape index (κ1) is 13.7. The average molecular weight is 244 g/mol. The molecule has 0 aliphatic heterocycles. The van der Waals surface area contributed by atoms with Crippen molar-refractivity contribution >= 4 is 6.29 Å². The van der Waals surface area contributed by atoms with Crippen LogP contribution in [0.3, 0.4) is 0 Å². The van der Waals surface area contributed by atoms with Gasteiger partial charge in [-0.15, -0.1) is 0 Å². The van der Waals surface area contributed by atoms with Crippen molar-refractivity contribution in [2.24, 2.45) is 5.41 Å². The largest absolute Gasteiger partial charge is 0.401 e. The molecule has 4 heteroatoms. The zero-order valence-electron chi connectivity index (χ0n) is 9.63. The van der Waals surface area contributed by atoms with Crippen molar-refractivity contribution in [3.63, 3.8) is 0 Å². The van der Waals surface area contributed by atoms with Crippen LogP contribution in [-0.2, 0) is 11.2 Å². The molecule has 0 saturated carbocycles. The molecule has 0 spiro atoms. The van der Waals surface area contributed by atoms with Gasteiger partial charge in [0, 0.05) is 0 Å². The minimum atomic E-state index is -4.47. The molecular weight excluding hydrogens is 229 g/mol. The van der Waals surface area contributed by atoms with Crippen LogP contribution in [0.5, 0.6) is 0 Å². The second kappa shape index (κ2) is 5.34. The average Bonchev–Trinajstić information content (AvgIpc) is 2.30. The van der Waals surface area contributed by atoms with Gasteiger partial charge in [0.25, 0.3) is 0 Å². The molecule has 0 aliphatic carbocycles. The second-order valence-electron chi connectivity index (χ2n) is 4.11. The maximum atomic E-state index is 12.8. The molecule has 0 bridgehead atoms. The van der Waals surface area contributed by atoms with Crippen LogP contribution in [0.2, 0.25) is 0 Å². The molecule has 94 valence electrons. The Hall–Kier alpha value is -1.32. The molecule has 0 fully saturated rings. The smallest absolute Gasteiger partial charge is 0.302 e. The summed E-state index contributed by atoms with van der Waals surface area (Å²) in [6, 6.07) is 8.89. The SMILES string of the molecule is CC[C@](C=O)(CCc1ccccc1)C(F)(F)F. The van der Waals surface area contributed by atoms with E-state index in [2.05, 4.69) is 0 Å². The normalized spacial score (nSPS) is 15.3. The lowest BCUT2D eigenvalue weighted by atomic mass is 9.80. The van der Waals surface area contributed by atoms with Crippen LogP contribution in [0.25, 0.3) is 0 Å². The zero-order chi connectivity index (χ0) is 12.9. The first-order valence-corrected chi connectivity index (χ1v) is 5.52. The summed E-state index contributed by atoms with van der Waals surface area (Å²) in [4.78, 5) is 10.8. The van der Waals surface area contributed by atoms with Gasteiger partial charge < -0.3 is 4.79 Å². The number of alkyl halides is 3. The van der Waals surface area contributed by atoms with Crippen LogP contribution in [0.4, 0.5) is 13.2 Å². The van der Waals surface area contributed by atoms with Gasteiger partial charge in [-0.25, -0.2) is 0 Å². The second-order valence-corrected chi connectivity index (χ2v) is 4.11. The van der Waals surface area contributed by atoms with E-state index in [4.69, 9.17) is 0 Å². The predicted molar refractivity (Wildman–Crippen MR) is 59.6 cm³/mol. The van der Waals surface area contributed by atoms with Gasteiger partial charge in [-0.05, 0) is 24.8 Å². The summed E-state index contributed by atoms with van der Waals surface area (Å²) in [6.07, 6.45) is -4.57. The van der Waals surface area contributed by atoms with Crippen molar-refractivity contribution in [1.82, 2.24) is 0 Å². The molecule has 1 rings (SSSR count). The molecule has 17 heavy (non-hydrogen) atoms. The molecule has 0 saturated heterocycles. The highest BCUT2D eigenvalue weighted by atomic mass is 19.4. The molecule has 1 atom stereocenters. The monoisotopic (exact) mass is 244 g/mol. The zero-order valence-corrected chi connectivity index (χ0v) is 9.63. The van der Waals surface area contributed by atoms with Crippen molar-refractivity contribution in [3.05, 3.63) is 35.9 Å². The molecule has 0 amide bonds. The van der Waals surface area contributed by atoms with Crippen molar-refractivity contribution in [2.75, 3.05) is 0 Å². The molecular formula is C13H15F3O. The van der Waals surface area contributed by atoms with Gasteiger partial charge in [-0.3, -0.25) is 0 Å². The minimum Gasteiger partial charge on any atom is -0.302 e. The van der Waals surface area contributed by atoms with Crippen LogP contribution < -0.4 is 0 Å². The summed E-state index contributed by atoms with van der Waals surface area (Å²) < 4.78 is 38.5. The summed E-state index contributed by atoms with van der Waals surface area (Å²) in [7, 11) is 0. The van der Waals surface area contributed by atoms with Crippen molar-refractivity contribution < 1.29 is 18.0 Å².